The van der Waals surface area contributed by atoms with E-state index in [1.807, 2.05) is 12.1 Å². The van der Waals surface area contributed by atoms with E-state index >= 15 is 0 Å². The van der Waals surface area contributed by atoms with Crippen LogP contribution in [0.5, 0.6) is 0 Å². The Morgan fingerprint density at radius 1 is 1.38 bits per heavy atom. The molecule has 1 fully saturated rings. The summed E-state index contributed by atoms with van der Waals surface area (Å²) in [6.45, 7) is 1.73. The van der Waals surface area contributed by atoms with Gasteiger partial charge in [-0.15, -0.1) is 11.6 Å². The molecule has 0 amide bonds. The lowest BCUT2D eigenvalue weighted by molar-refractivity contribution is 0.673. The molecular formula is C11H13BrClNOS. The highest BCUT2D eigenvalue weighted by atomic mass is 79.9. The molecule has 1 aliphatic rings. The summed E-state index contributed by atoms with van der Waals surface area (Å²) in [6, 6.07) is 6.17. The molecule has 1 aliphatic heterocycles. The van der Waals surface area contributed by atoms with Gasteiger partial charge in [-0.3, -0.25) is 4.21 Å². The van der Waals surface area contributed by atoms with Crippen LogP contribution in [0.25, 0.3) is 0 Å². The molecule has 0 unspecified atom stereocenters. The quantitative estimate of drug-likeness (QED) is 0.780. The number of benzene rings is 1. The van der Waals surface area contributed by atoms with E-state index in [0.29, 0.717) is 5.88 Å². The first-order chi connectivity index (χ1) is 7.70. The highest BCUT2D eigenvalue weighted by Crippen LogP contribution is 2.28. The van der Waals surface area contributed by atoms with Gasteiger partial charge < -0.3 is 4.90 Å². The average molecular weight is 323 g/mol. The minimum atomic E-state index is -0.625. The number of anilines is 1. The van der Waals surface area contributed by atoms with Crippen molar-refractivity contribution in [3.05, 3.63) is 28.2 Å². The minimum Gasteiger partial charge on any atom is -0.369 e. The molecule has 1 aromatic rings. The number of hydrogen-bond donors (Lipinski definition) is 0. The molecule has 16 heavy (non-hydrogen) atoms. The summed E-state index contributed by atoms with van der Waals surface area (Å²) in [5, 5.41) is 0. The molecule has 0 aliphatic carbocycles. The van der Waals surface area contributed by atoms with Crippen LogP contribution in [0.15, 0.2) is 22.7 Å². The Bertz CT molecular complexity index is 403. The van der Waals surface area contributed by atoms with Gasteiger partial charge in [0.1, 0.15) is 0 Å². The van der Waals surface area contributed by atoms with Gasteiger partial charge in [0.15, 0.2) is 0 Å². The van der Waals surface area contributed by atoms with Gasteiger partial charge in [-0.25, -0.2) is 0 Å². The van der Waals surface area contributed by atoms with Gasteiger partial charge in [0.25, 0.3) is 0 Å². The second-order valence-corrected chi connectivity index (χ2v) is 6.57. The molecule has 0 aromatic heterocycles. The standard InChI is InChI=1S/C11H13BrClNOS/c12-10-7-9(8-13)1-2-11(10)14-3-5-16(15)6-4-14/h1-2,7H,3-6,8H2. The van der Waals surface area contributed by atoms with Crippen molar-refractivity contribution in [3.8, 4) is 0 Å². The van der Waals surface area contributed by atoms with Crippen molar-refractivity contribution in [2.24, 2.45) is 0 Å². The van der Waals surface area contributed by atoms with E-state index in [2.05, 4.69) is 26.9 Å². The van der Waals surface area contributed by atoms with E-state index in [9.17, 15) is 4.21 Å². The maximum Gasteiger partial charge on any atom is 0.0511 e. The van der Waals surface area contributed by atoms with Crippen molar-refractivity contribution < 1.29 is 4.21 Å². The van der Waals surface area contributed by atoms with Crippen LogP contribution < -0.4 is 4.90 Å². The van der Waals surface area contributed by atoms with Crippen LogP contribution in [-0.2, 0) is 16.7 Å². The Balaban J connectivity index is 2.17. The zero-order valence-corrected chi connectivity index (χ0v) is 11.9. The first-order valence-corrected chi connectivity index (χ1v) is 7.96. The molecule has 1 heterocycles. The summed E-state index contributed by atoms with van der Waals surface area (Å²) >= 11 is 9.34. The molecule has 1 aromatic carbocycles. The number of halogens is 2. The third-order valence-electron chi connectivity index (χ3n) is 2.68. The van der Waals surface area contributed by atoms with Crippen LogP contribution in [0.4, 0.5) is 5.69 Å². The van der Waals surface area contributed by atoms with Crippen LogP contribution in [-0.4, -0.2) is 28.8 Å². The second-order valence-electron chi connectivity index (χ2n) is 3.75. The summed E-state index contributed by atoms with van der Waals surface area (Å²) in [7, 11) is -0.625. The van der Waals surface area contributed by atoms with Crippen molar-refractivity contribution in [3.63, 3.8) is 0 Å². The van der Waals surface area contributed by atoms with E-state index in [-0.39, 0.29) is 0 Å². The highest BCUT2D eigenvalue weighted by Gasteiger charge is 2.17. The third-order valence-corrected chi connectivity index (χ3v) is 4.90. The number of rotatable bonds is 2. The van der Waals surface area contributed by atoms with E-state index in [4.69, 9.17) is 11.6 Å². The van der Waals surface area contributed by atoms with Crippen LogP contribution in [0.3, 0.4) is 0 Å². The molecule has 0 saturated carbocycles. The largest absolute Gasteiger partial charge is 0.369 e. The van der Waals surface area contributed by atoms with Crippen molar-refractivity contribution in [2.45, 2.75) is 5.88 Å². The summed E-state index contributed by atoms with van der Waals surface area (Å²) in [4.78, 5) is 2.27. The second kappa shape index (κ2) is 5.52. The fraction of sp³-hybridized carbons (Fsp3) is 0.455. The zero-order chi connectivity index (χ0) is 11.5. The normalized spacial score (nSPS) is 17.8. The summed E-state index contributed by atoms with van der Waals surface area (Å²) < 4.78 is 12.3. The summed E-state index contributed by atoms with van der Waals surface area (Å²) in [5.74, 6) is 2.07. The van der Waals surface area contributed by atoms with Gasteiger partial charge in [-0.1, -0.05) is 6.07 Å². The minimum absolute atomic E-state index is 0.531. The number of alkyl halides is 1. The van der Waals surface area contributed by atoms with Crippen molar-refractivity contribution in [1.82, 2.24) is 0 Å². The van der Waals surface area contributed by atoms with Gasteiger partial charge in [0, 0.05) is 45.7 Å². The monoisotopic (exact) mass is 321 g/mol. The van der Waals surface area contributed by atoms with Crippen LogP contribution >= 0.6 is 27.5 Å². The number of hydrogen-bond acceptors (Lipinski definition) is 2. The molecule has 5 heteroatoms. The smallest absolute Gasteiger partial charge is 0.0511 e. The van der Waals surface area contributed by atoms with E-state index in [1.165, 1.54) is 5.69 Å². The molecule has 0 spiro atoms. The molecule has 2 rings (SSSR count). The Morgan fingerprint density at radius 3 is 2.62 bits per heavy atom. The summed E-state index contributed by atoms with van der Waals surface area (Å²) in [5.41, 5.74) is 2.28. The lowest BCUT2D eigenvalue weighted by Crippen LogP contribution is -2.37. The molecule has 1 saturated heterocycles. The first-order valence-electron chi connectivity index (χ1n) is 5.15. The van der Waals surface area contributed by atoms with E-state index < -0.39 is 10.8 Å². The Morgan fingerprint density at radius 2 is 2.06 bits per heavy atom. The lowest BCUT2D eigenvalue weighted by Gasteiger charge is -2.29. The predicted molar refractivity (Wildman–Crippen MR) is 73.8 cm³/mol. The Labute approximate surface area is 112 Å². The maximum atomic E-state index is 11.3. The predicted octanol–water partition coefficient (Wildman–Crippen LogP) is 2.76. The van der Waals surface area contributed by atoms with Crippen LogP contribution in [0.2, 0.25) is 0 Å². The van der Waals surface area contributed by atoms with Crippen molar-refractivity contribution >= 4 is 44.0 Å². The molecule has 88 valence electrons. The average Bonchev–Trinajstić information content (AvgIpc) is 2.30. The van der Waals surface area contributed by atoms with Gasteiger partial charge in [-0.05, 0) is 33.6 Å². The van der Waals surface area contributed by atoms with Gasteiger partial charge in [0.2, 0.25) is 0 Å². The van der Waals surface area contributed by atoms with Gasteiger partial charge >= 0.3 is 0 Å². The van der Waals surface area contributed by atoms with E-state index in [0.717, 1.165) is 34.6 Å². The molecule has 0 N–H and O–H groups in total. The molecule has 0 radical (unpaired) electrons. The highest BCUT2D eigenvalue weighted by molar-refractivity contribution is 9.10. The Kier molecular flexibility index (Phi) is 4.27. The first kappa shape index (κ1) is 12.4. The molecule has 0 atom stereocenters. The fourth-order valence-electron chi connectivity index (χ4n) is 1.77. The van der Waals surface area contributed by atoms with E-state index in [1.54, 1.807) is 0 Å². The SMILES string of the molecule is O=S1CCN(c2ccc(CCl)cc2Br)CC1. The van der Waals surface area contributed by atoms with Crippen LogP contribution in [0.1, 0.15) is 5.56 Å². The van der Waals surface area contributed by atoms with Crippen molar-refractivity contribution in [2.75, 3.05) is 29.5 Å². The van der Waals surface area contributed by atoms with Gasteiger partial charge in [0.05, 0.1) is 5.69 Å². The zero-order valence-electron chi connectivity index (χ0n) is 8.79. The number of nitrogens with zero attached hydrogens (tertiary/aromatic N) is 1. The molecule has 0 bridgehead atoms. The topological polar surface area (TPSA) is 20.3 Å². The Hall–Kier alpha value is -0.0600. The molecule has 2 nitrogen and oxygen atoms in total. The fourth-order valence-corrected chi connectivity index (χ4v) is 3.66. The lowest BCUT2D eigenvalue weighted by atomic mass is 10.2. The maximum absolute atomic E-state index is 11.3. The van der Waals surface area contributed by atoms with Crippen molar-refractivity contribution in [1.29, 1.82) is 0 Å². The molecular weight excluding hydrogens is 310 g/mol. The third kappa shape index (κ3) is 2.79. The van der Waals surface area contributed by atoms with Crippen LogP contribution in [0, 0.1) is 0 Å². The summed E-state index contributed by atoms with van der Waals surface area (Å²) in [6.07, 6.45) is 0. The van der Waals surface area contributed by atoms with Gasteiger partial charge in [-0.2, -0.15) is 0 Å².